The summed E-state index contributed by atoms with van der Waals surface area (Å²) >= 11 is 0. The quantitative estimate of drug-likeness (QED) is 0.599. The van der Waals surface area contributed by atoms with Crippen molar-refractivity contribution < 1.29 is 10.1 Å². The van der Waals surface area contributed by atoms with E-state index in [2.05, 4.69) is 45.4 Å². The molecule has 4 saturated carbocycles. The molecule has 0 heterocycles. The van der Waals surface area contributed by atoms with E-state index >= 15 is 0 Å². The average molecular weight is 347 g/mol. The van der Waals surface area contributed by atoms with Crippen molar-refractivity contribution >= 4 is 6.41 Å². The highest BCUT2D eigenvalue weighted by atomic mass is 16.1. The van der Waals surface area contributed by atoms with Gasteiger partial charge in [-0.05, 0) is 87.9 Å². The van der Waals surface area contributed by atoms with Gasteiger partial charge in [-0.15, -0.1) is 0 Å². The van der Waals surface area contributed by atoms with Crippen molar-refractivity contribution in [2.45, 2.75) is 77.3 Å². The van der Waals surface area contributed by atoms with Crippen molar-refractivity contribution in [1.29, 1.82) is 0 Å². The fourth-order valence-corrected chi connectivity index (χ4v) is 8.29. The van der Waals surface area contributed by atoms with E-state index in [1.165, 1.54) is 38.5 Å². The second-order valence-corrected chi connectivity index (χ2v) is 10.5. The van der Waals surface area contributed by atoms with Crippen LogP contribution in [0.4, 0.5) is 0 Å². The summed E-state index contributed by atoms with van der Waals surface area (Å²) in [5.41, 5.74) is 0.312. The fourth-order valence-electron chi connectivity index (χ4n) is 8.29. The van der Waals surface area contributed by atoms with Crippen LogP contribution in [0.1, 0.15) is 66.2 Å². The van der Waals surface area contributed by atoms with Gasteiger partial charge in [-0.2, -0.15) is 7.05 Å². The minimum atomic E-state index is 0.0170. The third-order valence-corrected chi connectivity index (χ3v) is 9.77. The molecule has 0 aromatic rings. The number of amides is 1. The molecule has 0 aromatic carbocycles. The summed E-state index contributed by atoms with van der Waals surface area (Å²) in [5.74, 6) is 6.51. The zero-order chi connectivity index (χ0) is 18.0. The number of nitrogens with one attached hydrogen (secondary N) is 1. The highest BCUT2D eigenvalue weighted by molar-refractivity contribution is 5.48. The van der Waals surface area contributed by atoms with Crippen LogP contribution >= 0.6 is 0 Å². The van der Waals surface area contributed by atoms with E-state index in [1.807, 2.05) is 0 Å². The van der Waals surface area contributed by atoms with Crippen LogP contribution in [0.2, 0.25) is 0 Å². The Balaban J connectivity index is 1.74. The lowest BCUT2D eigenvalue weighted by Gasteiger charge is -2.66. The Kier molecular flexibility index (Phi) is 4.26. The minimum Gasteiger partial charge on any atom is -0.474 e. The molecule has 3 heteroatoms. The van der Waals surface area contributed by atoms with E-state index < -0.39 is 0 Å². The Bertz CT molecular complexity index is 536. The summed E-state index contributed by atoms with van der Waals surface area (Å²) in [6, 6.07) is 0. The van der Waals surface area contributed by atoms with Gasteiger partial charge in [0.15, 0.2) is 0 Å². The molecule has 0 saturated heterocycles. The van der Waals surface area contributed by atoms with Crippen LogP contribution in [0.25, 0.3) is 0 Å². The molecule has 3 nitrogen and oxygen atoms in total. The number of nitrogens with two attached hydrogens (primary N) is 1. The van der Waals surface area contributed by atoms with E-state index in [-0.39, 0.29) is 5.54 Å². The average Bonchev–Trinajstić information content (AvgIpc) is 2.58. The second kappa shape index (κ2) is 5.97. The topological polar surface area (TPSA) is 45.7 Å². The Morgan fingerprint density at radius 2 is 1.80 bits per heavy atom. The molecule has 142 valence electrons. The lowest BCUT2D eigenvalue weighted by atomic mass is 9.40. The third kappa shape index (κ3) is 2.37. The number of quaternary nitrogens is 1. The van der Waals surface area contributed by atoms with E-state index in [0.717, 1.165) is 47.8 Å². The minimum absolute atomic E-state index is 0.0170. The van der Waals surface area contributed by atoms with Gasteiger partial charge in [0.25, 0.3) is 0 Å². The van der Waals surface area contributed by atoms with E-state index in [1.54, 1.807) is 0 Å². The van der Waals surface area contributed by atoms with Gasteiger partial charge in [0.05, 0.1) is 5.54 Å². The van der Waals surface area contributed by atoms with Crippen molar-refractivity contribution in [3.63, 3.8) is 0 Å². The predicted octanol–water partition coefficient (Wildman–Crippen LogP) is 2.97. The van der Waals surface area contributed by atoms with Crippen molar-refractivity contribution in [1.82, 2.24) is 5.32 Å². The Hall–Kier alpha value is -0.570. The first-order valence-electron chi connectivity index (χ1n) is 10.7. The van der Waals surface area contributed by atoms with Crippen LogP contribution in [-0.2, 0) is 4.79 Å². The molecule has 0 aliphatic heterocycles. The predicted molar refractivity (Wildman–Crippen MR) is 100 cm³/mol. The summed E-state index contributed by atoms with van der Waals surface area (Å²) < 4.78 is 0. The number of carbonyl (C=O) groups is 1. The zero-order valence-electron chi connectivity index (χ0n) is 16.6. The number of carbonyl (C=O) groups excluding carboxylic acids is 1. The van der Waals surface area contributed by atoms with Crippen LogP contribution in [0.5, 0.6) is 0 Å². The summed E-state index contributed by atoms with van der Waals surface area (Å²) in [6.45, 7) is 9.81. The molecule has 0 spiro atoms. The first-order chi connectivity index (χ1) is 11.9. The van der Waals surface area contributed by atoms with Crippen LogP contribution in [0, 0.1) is 54.4 Å². The van der Waals surface area contributed by atoms with E-state index in [9.17, 15) is 4.79 Å². The third-order valence-electron chi connectivity index (χ3n) is 9.77. The maximum absolute atomic E-state index is 11.3. The molecule has 10 atom stereocenters. The van der Waals surface area contributed by atoms with Crippen LogP contribution in [0.3, 0.4) is 0 Å². The van der Waals surface area contributed by atoms with Gasteiger partial charge in [-0.25, -0.2) is 0 Å². The fraction of sp³-hybridized carbons (Fsp3) is 0.909. The summed E-state index contributed by atoms with van der Waals surface area (Å²) in [6.07, 6.45) is 8.86. The first kappa shape index (κ1) is 17.8. The molecular formula is C22H38N2O. The number of hydrogen-bond donors (Lipinski definition) is 2. The molecule has 0 aromatic heterocycles. The normalized spacial score (nSPS) is 57.5. The van der Waals surface area contributed by atoms with Crippen LogP contribution in [0.15, 0.2) is 0 Å². The summed E-state index contributed by atoms with van der Waals surface area (Å²) in [5, 5.41) is 5.58. The maximum atomic E-state index is 11.3. The molecule has 1 amide bonds. The molecule has 4 rings (SSSR count). The van der Waals surface area contributed by atoms with Gasteiger partial charge in [-0.3, -0.25) is 4.79 Å². The standard InChI is InChI=1S/C22H38N2O/c1-13-10-15-11-14(2)22(4,23-5)18-7-6-17-20(19(15)18)16(13)8-9-21(17,3)24-12-25/h12-20H,5-11,23H2,1-4H3,(H,24,25). The largest absolute Gasteiger partial charge is 0.474 e. The molecule has 4 fully saturated rings. The van der Waals surface area contributed by atoms with Crippen LogP contribution in [-0.4, -0.2) is 17.5 Å². The molecule has 25 heavy (non-hydrogen) atoms. The highest BCUT2D eigenvalue weighted by Gasteiger charge is 2.63. The summed E-state index contributed by atoms with van der Waals surface area (Å²) in [4.78, 5) is 11.3. The van der Waals surface area contributed by atoms with Gasteiger partial charge in [-0.1, -0.05) is 13.8 Å². The smallest absolute Gasteiger partial charge is 0.207 e. The number of hydrogen-bond acceptors (Lipinski definition) is 1. The zero-order valence-corrected chi connectivity index (χ0v) is 16.6. The molecule has 10 unspecified atom stereocenters. The van der Waals surface area contributed by atoms with Gasteiger partial charge in [0, 0.05) is 17.4 Å². The Morgan fingerprint density at radius 3 is 2.48 bits per heavy atom. The van der Waals surface area contributed by atoms with Crippen molar-refractivity contribution in [2.75, 3.05) is 0 Å². The maximum Gasteiger partial charge on any atom is 0.207 e. The van der Waals surface area contributed by atoms with Gasteiger partial charge >= 0.3 is 0 Å². The monoisotopic (exact) mass is 346 g/mol. The van der Waals surface area contributed by atoms with Crippen molar-refractivity contribution in [2.24, 2.45) is 47.3 Å². The first-order valence-corrected chi connectivity index (χ1v) is 10.7. The van der Waals surface area contributed by atoms with Gasteiger partial charge in [0.1, 0.15) is 0 Å². The van der Waals surface area contributed by atoms with E-state index in [4.69, 9.17) is 0 Å². The highest BCUT2D eigenvalue weighted by Crippen LogP contribution is 2.64. The molecule has 4 aliphatic rings. The molecule has 0 radical (unpaired) electrons. The van der Waals surface area contributed by atoms with Crippen LogP contribution < -0.4 is 10.6 Å². The Morgan fingerprint density at radius 1 is 1.08 bits per heavy atom. The van der Waals surface area contributed by atoms with Gasteiger partial charge in [0.2, 0.25) is 6.41 Å². The lowest BCUT2D eigenvalue weighted by molar-refractivity contribution is -0.696. The van der Waals surface area contributed by atoms with Crippen molar-refractivity contribution in [3.05, 3.63) is 7.05 Å². The second-order valence-electron chi connectivity index (χ2n) is 10.5. The number of rotatable bonds is 3. The molecule has 4 aliphatic carbocycles. The molecule has 3 N–H and O–H groups in total. The van der Waals surface area contributed by atoms with E-state index in [0.29, 0.717) is 11.5 Å². The van der Waals surface area contributed by atoms with Crippen molar-refractivity contribution in [3.8, 4) is 0 Å². The molecule has 0 bridgehead atoms. The summed E-state index contributed by atoms with van der Waals surface area (Å²) in [7, 11) is 4.28. The lowest BCUT2D eigenvalue weighted by Crippen LogP contribution is -2.96. The Labute approximate surface area is 154 Å². The van der Waals surface area contributed by atoms with Gasteiger partial charge < -0.3 is 10.6 Å². The molecular weight excluding hydrogens is 308 g/mol. The SMILES string of the molecule is [CH2-][NH2+]C1(C)C(C)CC2CC(C)C3CCC(C)(NC=O)C4CCC1C2C34.